The molecule has 0 radical (unpaired) electrons. The van der Waals surface area contributed by atoms with Crippen LogP contribution < -0.4 is 0 Å². The molecule has 0 saturated carbocycles. The second-order valence-corrected chi connectivity index (χ2v) is 4.38. The van der Waals surface area contributed by atoms with Gasteiger partial charge in [-0.25, -0.2) is 4.79 Å². The molecule has 2 rings (SSSR count). The topological polar surface area (TPSA) is 59.8 Å². The highest BCUT2D eigenvalue weighted by atomic mass is 16.5. The van der Waals surface area contributed by atoms with Crippen LogP contribution in [-0.4, -0.2) is 36.5 Å². The maximum absolute atomic E-state index is 11.9. The van der Waals surface area contributed by atoms with Crippen LogP contribution in [0, 0.1) is 0 Å². The zero-order valence-corrected chi connectivity index (χ0v) is 10.3. The molecule has 0 N–H and O–H groups in total. The molecule has 5 nitrogen and oxygen atoms in total. The van der Waals surface area contributed by atoms with Crippen LogP contribution in [0.4, 0.5) is 0 Å². The minimum absolute atomic E-state index is 0.117. The predicted octanol–water partition coefficient (Wildman–Crippen LogP) is 1.84. The van der Waals surface area contributed by atoms with E-state index in [2.05, 4.69) is 0 Å². The average molecular weight is 251 g/mol. The van der Waals surface area contributed by atoms with Crippen molar-refractivity contribution in [3.63, 3.8) is 0 Å². The van der Waals surface area contributed by atoms with Gasteiger partial charge in [0, 0.05) is 13.1 Å². The Morgan fingerprint density at radius 1 is 1.22 bits per heavy atom. The zero-order chi connectivity index (χ0) is 12.8. The van der Waals surface area contributed by atoms with Crippen molar-refractivity contribution in [2.75, 3.05) is 19.7 Å². The summed E-state index contributed by atoms with van der Waals surface area (Å²) in [5.41, 5.74) is 0.332. The fourth-order valence-corrected chi connectivity index (χ4v) is 2.00. The van der Waals surface area contributed by atoms with Crippen LogP contribution in [0.25, 0.3) is 0 Å². The van der Waals surface area contributed by atoms with Crippen molar-refractivity contribution in [2.24, 2.45) is 0 Å². The van der Waals surface area contributed by atoms with Gasteiger partial charge in [-0.15, -0.1) is 0 Å². The molecular weight excluding hydrogens is 234 g/mol. The maximum Gasteiger partial charge on any atom is 0.341 e. The van der Waals surface area contributed by atoms with E-state index in [0.717, 1.165) is 25.9 Å². The molecule has 0 spiro atoms. The Morgan fingerprint density at radius 2 is 1.94 bits per heavy atom. The third-order valence-corrected chi connectivity index (χ3v) is 3.04. The average Bonchev–Trinajstić information content (AvgIpc) is 2.78. The number of ether oxygens (including phenoxy) is 1. The van der Waals surface area contributed by atoms with Crippen molar-refractivity contribution in [1.29, 1.82) is 0 Å². The summed E-state index contributed by atoms with van der Waals surface area (Å²) < 4.78 is 9.73. The van der Waals surface area contributed by atoms with E-state index in [-0.39, 0.29) is 12.5 Å². The van der Waals surface area contributed by atoms with Gasteiger partial charge in [-0.3, -0.25) is 4.79 Å². The first kappa shape index (κ1) is 12.7. The summed E-state index contributed by atoms with van der Waals surface area (Å²) in [6, 6.07) is 1.51. The molecule has 0 unspecified atom stereocenters. The van der Waals surface area contributed by atoms with E-state index in [1.807, 2.05) is 0 Å². The second-order valence-electron chi connectivity index (χ2n) is 4.38. The minimum Gasteiger partial charge on any atom is -0.472 e. The Kier molecular flexibility index (Phi) is 4.39. The van der Waals surface area contributed by atoms with Gasteiger partial charge >= 0.3 is 5.97 Å². The van der Waals surface area contributed by atoms with Crippen LogP contribution in [0.2, 0.25) is 0 Å². The van der Waals surface area contributed by atoms with E-state index in [9.17, 15) is 9.59 Å². The summed E-state index contributed by atoms with van der Waals surface area (Å²) in [4.78, 5) is 25.1. The third-order valence-electron chi connectivity index (χ3n) is 3.04. The number of hydrogen-bond donors (Lipinski definition) is 0. The number of esters is 1. The van der Waals surface area contributed by atoms with Crippen molar-refractivity contribution in [1.82, 2.24) is 4.90 Å². The van der Waals surface area contributed by atoms with Crippen LogP contribution in [-0.2, 0) is 9.53 Å². The largest absolute Gasteiger partial charge is 0.472 e. The molecule has 1 saturated heterocycles. The first-order valence-electron chi connectivity index (χ1n) is 6.24. The molecule has 1 aromatic heterocycles. The molecule has 1 fully saturated rings. The Morgan fingerprint density at radius 3 is 2.56 bits per heavy atom. The zero-order valence-electron chi connectivity index (χ0n) is 10.3. The summed E-state index contributed by atoms with van der Waals surface area (Å²) in [6.45, 7) is 1.34. The predicted molar refractivity (Wildman–Crippen MR) is 64.0 cm³/mol. The third kappa shape index (κ3) is 3.35. The van der Waals surface area contributed by atoms with Crippen LogP contribution >= 0.6 is 0 Å². The van der Waals surface area contributed by atoms with E-state index in [4.69, 9.17) is 9.15 Å². The first-order chi connectivity index (χ1) is 8.77. The number of likely N-dealkylation sites (tertiary alicyclic amines) is 1. The van der Waals surface area contributed by atoms with E-state index in [0.29, 0.717) is 5.56 Å². The molecular formula is C13H17NO4. The molecule has 98 valence electrons. The van der Waals surface area contributed by atoms with Crippen molar-refractivity contribution >= 4 is 11.9 Å². The van der Waals surface area contributed by atoms with Crippen LogP contribution in [0.15, 0.2) is 23.0 Å². The van der Waals surface area contributed by atoms with E-state index >= 15 is 0 Å². The van der Waals surface area contributed by atoms with Gasteiger partial charge in [0.1, 0.15) is 6.26 Å². The molecule has 1 amide bonds. The van der Waals surface area contributed by atoms with Gasteiger partial charge in [-0.2, -0.15) is 0 Å². The standard InChI is InChI=1S/C13H17NO4/c15-12(14-6-3-1-2-4-7-14)10-18-13(16)11-5-8-17-9-11/h5,8-9H,1-4,6-7,10H2. The van der Waals surface area contributed by atoms with Crippen LogP contribution in [0.3, 0.4) is 0 Å². The normalized spacial score (nSPS) is 16.1. The quantitative estimate of drug-likeness (QED) is 0.769. The lowest BCUT2D eigenvalue weighted by Gasteiger charge is -2.19. The molecule has 0 aromatic carbocycles. The van der Waals surface area contributed by atoms with Gasteiger partial charge in [-0.05, 0) is 18.9 Å². The second kappa shape index (κ2) is 6.23. The van der Waals surface area contributed by atoms with E-state index < -0.39 is 5.97 Å². The number of hydrogen-bond acceptors (Lipinski definition) is 4. The minimum atomic E-state index is -0.521. The first-order valence-corrected chi connectivity index (χ1v) is 6.24. The number of rotatable bonds is 3. The molecule has 1 aromatic rings. The van der Waals surface area contributed by atoms with Gasteiger partial charge in [0.05, 0.1) is 11.8 Å². The number of carbonyl (C=O) groups is 2. The molecule has 0 bridgehead atoms. The van der Waals surface area contributed by atoms with Crippen molar-refractivity contribution < 1.29 is 18.7 Å². The number of amides is 1. The smallest absolute Gasteiger partial charge is 0.341 e. The summed E-state index contributed by atoms with van der Waals surface area (Å²) in [5, 5.41) is 0. The highest BCUT2D eigenvalue weighted by Crippen LogP contribution is 2.10. The fourth-order valence-electron chi connectivity index (χ4n) is 2.00. The van der Waals surface area contributed by atoms with Gasteiger partial charge in [0.15, 0.2) is 6.61 Å². The molecule has 18 heavy (non-hydrogen) atoms. The summed E-state index contributed by atoms with van der Waals surface area (Å²) >= 11 is 0. The lowest BCUT2D eigenvalue weighted by molar-refractivity contribution is -0.134. The Bertz CT molecular complexity index is 391. The molecule has 2 heterocycles. The van der Waals surface area contributed by atoms with Crippen molar-refractivity contribution in [3.05, 3.63) is 24.2 Å². The van der Waals surface area contributed by atoms with Crippen LogP contribution in [0.1, 0.15) is 36.0 Å². The number of nitrogens with zero attached hydrogens (tertiary/aromatic N) is 1. The van der Waals surface area contributed by atoms with Gasteiger partial charge in [0.25, 0.3) is 5.91 Å². The Labute approximate surface area is 106 Å². The van der Waals surface area contributed by atoms with Crippen molar-refractivity contribution in [3.8, 4) is 0 Å². The highest BCUT2D eigenvalue weighted by Gasteiger charge is 2.17. The summed E-state index contributed by atoms with van der Waals surface area (Å²) in [5.74, 6) is -0.638. The summed E-state index contributed by atoms with van der Waals surface area (Å²) in [6.07, 6.45) is 7.09. The SMILES string of the molecule is O=C(OCC(=O)N1CCCCCC1)c1ccoc1. The van der Waals surface area contributed by atoms with Crippen molar-refractivity contribution in [2.45, 2.75) is 25.7 Å². The number of furan rings is 1. The fraction of sp³-hybridized carbons (Fsp3) is 0.538. The molecule has 5 heteroatoms. The molecule has 0 aliphatic carbocycles. The Balaban J connectivity index is 1.78. The molecule has 0 atom stereocenters. The Hall–Kier alpha value is -1.78. The van der Waals surface area contributed by atoms with Crippen LogP contribution in [0.5, 0.6) is 0 Å². The summed E-state index contributed by atoms with van der Waals surface area (Å²) in [7, 11) is 0. The lowest BCUT2D eigenvalue weighted by atomic mass is 10.2. The highest BCUT2D eigenvalue weighted by molar-refractivity contribution is 5.90. The molecule has 1 aliphatic rings. The van der Waals surface area contributed by atoms with Gasteiger partial charge in [0.2, 0.25) is 0 Å². The van der Waals surface area contributed by atoms with E-state index in [1.165, 1.54) is 31.4 Å². The number of carbonyl (C=O) groups excluding carboxylic acids is 2. The lowest BCUT2D eigenvalue weighted by Crippen LogP contribution is -2.35. The molecule has 1 aliphatic heterocycles. The van der Waals surface area contributed by atoms with Gasteiger partial charge in [-0.1, -0.05) is 12.8 Å². The monoisotopic (exact) mass is 251 g/mol. The van der Waals surface area contributed by atoms with Gasteiger partial charge < -0.3 is 14.1 Å². The van der Waals surface area contributed by atoms with E-state index in [1.54, 1.807) is 4.90 Å². The maximum atomic E-state index is 11.9.